The Bertz CT molecular complexity index is 3250. The molecule has 0 aromatic carbocycles. The topological polar surface area (TPSA) is 742 Å². The minimum atomic E-state index is -6.15. The first-order chi connectivity index (χ1) is 38.8. The van der Waals surface area contributed by atoms with Crippen molar-refractivity contribution >= 4 is 82.9 Å². The number of rotatable bonds is 27. The molecule has 5 aliphatic heterocycles. The molecule has 0 amide bonds. The van der Waals surface area contributed by atoms with Gasteiger partial charge in [-0.1, -0.05) is 0 Å². The van der Waals surface area contributed by atoms with Gasteiger partial charge in [-0.2, -0.15) is 81.5 Å². The molecular formula is C30H55N3O45S8. The second kappa shape index (κ2) is 28.3. The zero-order chi connectivity index (χ0) is 65.6. The Morgan fingerprint density at radius 3 is 1.16 bits per heavy atom. The van der Waals surface area contributed by atoms with Crippen molar-refractivity contribution in [3.63, 3.8) is 0 Å². The Morgan fingerprint density at radius 1 is 0.326 bits per heavy atom. The average molecular weight is 1430 g/mol. The SMILES string of the molecule is CC1OC(O[C@@H]2C(COS(=O)(=O)O)O[C@@H](O)C(NS(=O)(=O)O)[C@H]2O)C(OS(=O)(=O)O)[C@H](O)C1O[C@@H]1OC(COS(=O)(=O)O)[C@@H](OC2OC(C)C(O[C@@H]3OC(COS(=O)(=O)O)[C@@H](O)[C@H](O)C3NS(=O)(=O)O)[C@H](O)C2O)[C@H](OS(=O)(=O)O)C1NS(=O)(=O)O. The third-order valence-corrected chi connectivity index (χ3v) is 16.1. The summed E-state index contributed by atoms with van der Waals surface area (Å²) in [5.74, 6) is 0. The van der Waals surface area contributed by atoms with E-state index in [-0.39, 0.29) is 0 Å². The normalized spacial score (nSPS) is 40.3. The zero-order valence-electron chi connectivity index (χ0n) is 42.3. The van der Waals surface area contributed by atoms with Crippen LogP contribution < -0.4 is 14.2 Å². The Morgan fingerprint density at radius 2 is 0.698 bits per heavy atom. The predicted molar refractivity (Wildman–Crippen MR) is 253 cm³/mol. The summed E-state index contributed by atoms with van der Waals surface area (Å²) in [4.78, 5) is 0. The number of aliphatic hydroxyl groups is 7. The predicted octanol–water partition coefficient (Wildman–Crippen LogP) is -12.5. The van der Waals surface area contributed by atoms with E-state index in [4.69, 9.17) is 51.7 Å². The van der Waals surface area contributed by atoms with E-state index in [2.05, 4.69) is 20.9 Å². The van der Waals surface area contributed by atoms with Crippen molar-refractivity contribution in [1.29, 1.82) is 0 Å². The first-order valence-electron chi connectivity index (χ1n) is 22.9. The summed E-state index contributed by atoms with van der Waals surface area (Å²) in [5.41, 5.74) is 0. The number of aliphatic hydroxyl groups excluding tert-OH is 7. The summed E-state index contributed by atoms with van der Waals surface area (Å²) in [6.07, 6.45) is -55.7. The molecule has 0 saturated carbocycles. The molecule has 86 heavy (non-hydrogen) atoms. The van der Waals surface area contributed by atoms with Crippen molar-refractivity contribution in [2.24, 2.45) is 0 Å². The molecule has 5 fully saturated rings. The van der Waals surface area contributed by atoms with Gasteiger partial charge in [-0.3, -0.25) is 36.4 Å². The van der Waals surface area contributed by atoms with Crippen molar-refractivity contribution in [3.8, 4) is 0 Å². The molecule has 14 unspecified atom stereocenters. The molecule has 0 aromatic rings. The van der Waals surface area contributed by atoms with Crippen LogP contribution in [0.3, 0.4) is 0 Å². The van der Waals surface area contributed by atoms with Crippen molar-refractivity contribution in [3.05, 3.63) is 0 Å². The maximum Gasteiger partial charge on any atom is 0.397 e. The van der Waals surface area contributed by atoms with Crippen LogP contribution in [0.25, 0.3) is 0 Å². The summed E-state index contributed by atoms with van der Waals surface area (Å²) in [7, 11) is -45.4. The molecule has 56 heteroatoms. The Kier molecular flexibility index (Phi) is 24.7. The average Bonchev–Trinajstić information content (AvgIpc) is 0.822. The van der Waals surface area contributed by atoms with Gasteiger partial charge < -0.3 is 78.4 Å². The van der Waals surface area contributed by atoms with Gasteiger partial charge in [0, 0.05) is 0 Å². The highest BCUT2D eigenvalue weighted by Gasteiger charge is 2.59. The lowest BCUT2D eigenvalue weighted by Gasteiger charge is -2.50. The van der Waals surface area contributed by atoms with E-state index in [1.54, 1.807) is 0 Å². The first kappa shape index (κ1) is 75.0. The van der Waals surface area contributed by atoms with E-state index in [1.165, 1.54) is 14.2 Å². The van der Waals surface area contributed by atoms with Gasteiger partial charge in [0.2, 0.25) is 0 Å². The van der Waals surface area contributed by atoms with Crippen molar-refractivity contribution in [2.45, 2.75) is 167 Å². The molecule has 0 aliphatic carbocycles. The molecule has 0 bridgehead atoms. The first-order valence-corrected chi connectivity index (χ1v) is 34.0. The summed E-state index contributed by atoms with van der Waals surface area (Å²) in [6.45, 7) is -2.93. The number of nitrogens with one attached hydrogen (secondary N) is 3. The number of ether oxygens (including phenoxy) is 9. The maximum absolute atomic E-state index is 12.6. The lowest BCUT2D eigenvalue weighted by molar-refractivity contribution is -0.374. The fourth-order valence-electron chi connectivity index (χ4n) is 8.81. The van der Waals surface area contributed by atoms with Crippen LogP contribution in [-0.2, 0) is 146 Å². The summed E-state index contributed by atoms with van der Waals surface area (Å²) in [5, 5.41) is 77.3. The van der Waals surface area contributed by atoms with Crippen molar-refractivity contribution < 1.29 is 203 Å². The third kappa shape index (κ3) is 22.0. The largest absolute Gasteiger partial charge is 0.397 e. The molecular weight excluding hydrogens is 1380 g/mol. The van der Waals surface area contributed by atoms with Crippen LogP contribution in [0.2, 0.25) is 0 Å². The molecule has 508 valence electrons. The minimum absolute atomic E-state index is 0.803. The van der Waals surface area contributed by atoms with E-state index in [0.29, 0.717) is 0 Å². The highest BCUT2D eigenvalue weighted by atomic mass is 32.3. The minimum Gasteiger partial charge on any atom is -0.388 e. The second-order valence-corrected chi connectivity index (χ2v) is 27.3. The number of hydrogen-bond acceptors (Lipinski definition) is 37. The van der Waals surface area contributed by atoms with Gasteiger partial charge in [-0.05, 0) is 13.8 Å². The van der Waals surface area contributed by atoms with Gasteiger partial charge in [-0.25, -0.2) is 20.9 Å². The Labute approximate surface area is 485 Å². The third-order valence-electron chi connectivity index (χ3n) is 12.2. The van der Waals surface area contributed by atoms with Crippen LogP contribution in [0.15, 0.2) is 0 Å². The summed E-state index contributed by atoms with van der Waals surface area (Å²) < 4.78 is 342. The molecule has 18 N–H and O–H groups in total. The van der Waals surface area contributed by atoms with E-state index in [1.807, 2.05) is 0 Å². The van der Waals surface area contributed by atoms with E-state index >= 15 is 0 Å². The van der Waals surface area contributed by atoms with Crippen LogP contribution in [0, 0.1) is 0 Å². The summed E-state index contributed by atoms with van der Waals surface area (Å²) >= 11 is 0. The van der Waals surface area contributed by atoms with Gasteiger partial charge >= 0.3 is 82.9 Å². The number of hydrogen-bond donors (Lipinski definition) is 18. The molecule has 0 radical (unpaired) electrons. The summed E-state index contributed by atoms with van der Waals surface area (Å²) in [6, 6.07) is -7.71. The smallest absolute Gasteiger partial charge is 0.388 e. The lowest BCUT2D eigenvalue weighted by Crippen LogP contribution is -2.70. The van der Waals surface area contributed by atoms with Gasteiger partial charge in [0.1, 0.15) is 104 Å². The van der Waals surface area contributed by atoms with Gasteiger partial charge in [0.15, 0.2) is 37.6 Å². The molecule has 0 spiro atoms. The van der Waals surface area contributed by atoms with Gasteiger partial charge in [-0.15, -0.1) is 0 Å². The second-order valence-electron chi connectivity index (χ2n) is 18.4. The standard InChI is InChI=1S/C30H55N3O45S8/c1-6-20(73-27-12(32-80(44,45)46)15(35)14(34)8(71-27)3-65-82(50,51)52)17(37)18(38)29(68-6)76-23-10(5-67-84(56,57)58)72-28(13(33-81(47,48)49)24(23)77-85(59,60)61)74-21-7(2)69-30(25(19(21)39)78-86(62,63)64)75-22-9(4-66-83(53,54)55)70-26(40)11(16(22)36)31-79(41,42)43/h6-40H,3-5H2,1-2H3,(H,41,42,43)(H,44,45,46)(H,47,48,49)(H,50,51,52)(H,53,54,55)(H,56,57,58)(H,59,60,61)(H,62,63,64)/t6?,7?,8?,9?,10?,11?,12?,13?,14-,15-,16-,17-,18?,19-,20?,21?,22-,23-,24-,25?,26-,27+,28+,29?,30?/m1/s1. The Hall–Kier alpha value is -1.68. The van der Waals surface area contributed by atoms with Crippen LogP contribution in [0.5, 0.6) is 0 Å². The highest BCUT2D eigenvalue weighted by molar-refractivity contribution is 7.84. The molecule has 0 aromatic heterocycles. The van der Waals surface area contributed by atoms with Crippen LogP contribution in [0.4, 0.5) is 0 Å². The van der Waals surface area contributed by atoms with Crippen LogP contribution in [0.1, 0.15) is 13.8 Å². The Balaban J connectivity index is 1.52. The fourth-order valence-corrected chi connectivity index (χ4v) is 12.5. The molecule has 48 nitrogen and oxygen atoms in total. The molecule has 25 atom stereocenters. The quantitative estimate of drug-likeness (QED) is 0.0340. The van der Waals surface area contributed by atoms with Crippen molar-refractivity contribution in [2.75, 3.05) is 19.8 Å². The molecule has 5 rings (SSSR count). The van der Waals surface area contributed by atoms with Crippen molar-refractivity contribution in [1.82, 2.24) is 14.2 Å². The van der Waals surface area contributed by atoms with Gasteiger partial charge in [0.25, 0.3) is 0 Å². The fraction of sp³-hybridized carbons (Fsp3) is 1.00. The van der Waals surface area contributed by atoms with E-state index < -0.39 is 256 Å². The maximum atomic E-state index is 12.6. The van der Waals surface area contributed by atoms with Gasteiger partial charge in [0.05, 0.1) is 32.0 Å². The monoisotopic (exact) mass is 1430 g/mol. The molecule has 5 aliphatic rings. The molecule has 5 heterocycles. The van der Waals surface area contributed by atoms with Crippen LogP contribution >= 0.6 is 0 Å². The van der Waals surface area contributed by atoms with E-state index in [0.717, 1.165) is 13.8 Å². The molecule has 5 saturated heterocycles. The lowest BCUT2D eigenvalue weighted by atomic mass is 9.94. The highest BCUT2D eigenvalue weighted by Crippen LogP contribution is 2.38. The van der Waals surface area contributed by atoms with E-state index in [9.17, 15) is 130 Å². The van der Waals surface area contributed by atoms with Crippen LogP contribution in [-0.4, -0.2) is 313 Å². The zero-order valence-corrected chi connectivity index (χ0v) is 48.8.